The summed E-state index contributed by atoms with van der Waals surface area (Å²) in [5.41, 5.74) is 0. The molecule has 186 valence electrons. The van der Waals surface area contributed by atoms with Crippen molar-refractivity contribution in [3.05, 3.63) is 48.4 Å². The molecular weight excluding hydrogens is 458 g/mol. The van der Waals surface area contributed by atoms with Crippen LogP contribution in [-0.4, -0.2) is 50.9 Å². The lowest BCUT2D eigenvalue weighted by atomic mass is 10.00. The molecule has 1 atom stereocenters. The zero-order valence-electron chi connectivity index (χ0n) is 19.8. The molecule has 1 fully saturated rings. The Morgan fingerprint density at radius 2 is 1.82 bits per heavy atom. The molecule has 2 amide bonds. The lowest BCUT2D eigenvalue weighted by Crippen LogP contribution is -2.55. The summed E-state index contributed by atoms with van der Waals surface area (Å²) in [4.78, 5) is 27.9. The van der Waals surface area contributed by atoms with Gasteiger partial charge in [-0.1, -0.05) is 26.7 Å². The number of hydrogen-bond acceptors (Lipinski definition) is 6. The van der Waals surface area contributed by atoms with Gasteiger partial charge in [-0.15, -0.1) is 0 Å². The lowest BCUT2D eigenvalue weighted by Gasteiger charge is -2.34. The van der Waals surface area contributed by atoms with Crippen LogP contribution in [0.2, 0.25) is 0 Å². The molecule has 2 aromatic rings. The molecule has 1 aliphatic rings. The Bertz CT molecular complexity index is 1040. The average Bonchev–Trinajstić information content (AvgIpc) is 3.51. The van der Waals surface area contributed by atoms with Gasteiger partial charge < -0.3 is 19.4 Å². The Morgan fingerprint density at radius 1 is 1.15 bits per heavy atom. The molecule has 1 saturated carbocycles. The molecule has 34 heavy (non-hydrogen) atoms. The van der Waals surface area contributed by atoms with Gasteiger partial charge in [-0.25, -0.2) is 13.1 Å². The van der Waals surface area contributed by atoms with E-state index in [1.807, 2.05) is 13.8 Å². The molecule has 1 aliphatic carbocycles. The van der Waals surface area contributed by atoms with E-state index in [0.717, 1.165) is 25.7 Å². The number of nitrogens with zero attached hydrogens (tertiary/aromatic N) is 1. The highest BCUT2D eigenvalue weighted by molar-refractivity contribution is 7.89. The summed E-state index contributed by atoms with van der Waals surface area (Å²) in [5.74, 6) is 0.0745. The summed E-state index contributed by atoms with van der Waals surface area (Å²) in [7, 11) is -2.45. The van der Waals surface area contributed by atoms with Crippen LogP contribution in [0.5, 0.6) is 5.75 Å². The number of carbonyl (C=O) groups is 2. The molecule has 0 radical (unpaired) electrons. The van der Waals surface area contributed by atoms with Crippen LogP contribution in [0.3, 0.4) is 0 Å². The number of amides is 2. The minimum atomic E-state index is -3.94. The number of furan rings is 1. The van der Waals surface area contributed by atoms with Gasteiger partial charge in [-0.05, 0) is 55.2 Å². The van der Waals surface area contributed by atoms with E-state index < -0.39 is 28.5 Å². The second-order valence-electron chi connectivity index (χ2n) is 8.78. The van der Waals surface area contributed by atoms with Crippen molar-refractivity contribution in [2.75, 3.05) is 13.7 Å². The fraction of sp³-hybridized carbons (Fsp3) is 0.500. The maximum Gasteiger partial charge on any atom is 0.243 e. The first-order chi connectivity index (χ1) is 16.2. The number of hydrogen-bond donors (Lipinski definition) is 2. The van der Waals surface area contributed by atoms with Gasteiger partial charge in [0.15, 0.2) is 0 Å². The predicted molar refractivity (Wildman–Crippen MR) is 126 cm³/mol. The Kier molecular flexibility index (Phi) is 8.73. The Hall–Kier alpha value is -2.85. The highest BCUT2D eigenvalue weighted by Gasteiger charge is 2.35. The van der Waals surface area contributed by atoms with Crippen LogP contribution in [0, 0.1) is 5.92 Å². The van der Waals surface area contributed by atoms with E-state index in [0.29, 0.717) is 11.5 Å². The standard InChI is InChI=1S/C24H33N3O6S/c1-17(2)23(24(29)26-18-7-4-5-8-18)27(16-20-9-6-14-33-20)22(28)15-25-34(30,31)21-12-10-19(32-3)11-13-21/h6,9-14,17-18,23,25H,4-5,7-8,15-16H2,1-3H3,(H,26,29). The van der Waals surface area contributed by atoms with Crippen molar-refractivity contribution in [2.45, 2.75) is 63.1 Å². The van der Waals surface area contributed by atoms with Gasteiger partial charge >= 0.3 is 0 Å². The largest absolute Gasteiger partial charge is 0.497 e. The maximum atomic E-state index is 13.3. The van der Waals surface area contributed by atoms with Crippen LogP contribution >= 0.6 is 0 Å². The van der Waals surface area contributed by atoms with Crippen molar-refractivity contribution in [1.29, 1.82) is 0 Å². The summed E-state index contributed by atoms with van der Waals surface area (Å²) in [6.07, 6.45) is 5.47. The van der Waals surface area contributed by atoms with Crippen LogP contribution in [0.15, 0.2) is 52.0 Å². The Balaban J connectivity index is 1.77. The smallest absolute Gasteiger partial charge is 0.243 e. The molecule has 0 spiro atoms. The predicted octanol–water partition coefficient (Wildman–Crippen LogP) is 2.68. The number of sulfonamides is 1. The molecule has 1 heterocycles. The van der Waals surface area contributed by atoms with Crippen LogP contribution in [-0.2, 0) is 26.2 Å². The second-order valence-corrected chi connectivity index (χ2v) is 10.5. The van der Waals surface area contributed by atoms with Crippen molar-refractivity contribution < 1.29 is 27.2 Å². The van der Waals surface area contributed by atoms with Crippen molar-refractivity contribution in [3.63, 3.8) is 0 Å². The monoisotopic (exact) mass is 491 g/mol. The highest BCUT2D eigenvalue weighted by atomic mass is 32.2. The summed E-state index contributed by atoms with van der Waals surface area (Å²) < 4.78 is 38.3. The van der Waals surface area contributed by atoms with Crippen molar-refractivity contribution in [2.24, 2.45) is 5.92 Å². The van der Waals surface area contributed by atoms with E-state index in [2.05, 4.69) is 10.0 Å². The number of benzene rings is 1. The summed E-state index contributed by atoms with van der Waals surface area (Å²) >= 11 is 0. The molecule has 9 nitrogen and oxygen atoms in total. The maximum absolute atomic E-state index is 13.3. The van der Waals surface area contributed by atoms with Gasteiger partial charge in [0.2, 0.25) is 21.8 Å². The van der Waals surface area contributed by atoms with E-state index >= 15 is 0 Å². The average molecular weight is 492 g/mol. The minimum Gasteiger partial charge on any atom is -0.497 e. The fourth-order valence-corrected chi connectivity index (χ4v) is 5.14. The molecule has 10 heteroatoms. The zero-order chi connectivity index (χ0) is 24.7. The van der Waals surface area contributed by atoms with Gasteiger partial charge in [-0.2, -0.15) is 0 Å². The van der Waals surface area contributed by atoms with Crippen molar-refractivity contribution in [3.8, 4) is 5.75 Å². The second kappa shape index (κ2) is 11.5. The van der Waals surface area contributed by atoms with E-state index in [-0.39, 0.29) is 29.3 Å². The van der Waals surface area contributed by atoms with E-state index in [1.165, 1.54) is 42.5 Å². The molecule has 2 N–H and O–H groups in total. The van der Waals surface area contributed by atoms with Gasteiger partial charge in [0.1, 0.15) is 17.6 Å². The first-order valence-electron chi connectivity index (χ1n) is 11.5. The number of rotatable bonds is 11. The molecule has 0 bridgehead atoms. The highest BCUT2D eigenvalue weighted by Crippen LogP contribution is 2.21. The van der Waals surface area contributed by atoms with Crippen LogP contribution < -0.4 is 14.8 Å². The van der Waals surface area contributed by atoms with Gasteiger partial charge in [-0.3, -0.25) is 9.59 Å². The van der Waals surface area contributed by atoms with E-state index in [4.69, 9.17) is 9.15 Å². The number of nitrogens with one attached hydrogen (secondary N) is 2. The third-order valence-electron chi connectivity index (χ3n) is 5.95. The zero-order valence-corrected chi connectivity index (χ0v) is 20.6. The summed E-state index contributed by atoms with van der Waals surface area (Å²) in [6, 6.07) is 8.60. The van der Waals surface area contributed by atoms with Crippen LogP contribution in [0.25, 0.3) is 0 Å². The van der Waals surface area contributed by atoms with Crippen molar-refractivity contribution >= 4 is 21.8 Å². The quantitative estimate of drug-likeness (QED) is 0.499. The number of methoxy groups -OCH3 is 1. The Morgan fingerprint density at radius 3 is 2.38 bits per heavy atom. The third-order valence-corrected chi connectivity index (χ3v) is 7.36. The molecule has 1 aromatic carbocycles. The Labute approximate surface area is 200 Å². The summed E-state index contributed by atoms with van der Waals surface area (Å²) in [6.45, 7) is 3.29. The molecule has 0 saturated heterocycles. The molecule has 1 aromatic heterocycles. The van der Waals surface area contributed by atoms with E-state index in [9.17, 15) is 18.0 Å². The number of ether oxygens (including phenoxy) is 1. The minimum absolute atomic E-state index is 0.0121. The number of carbonyl (C=O) groups excluding carboxylic acids is 2. The first-order valence-corrected chi connectivity index (χ1v) is 13.0. The molecule has 0 aliphatic heterocycles. The normalized spacial score (nSPS) is 15.3. The third kappa shape index (κ3) is 6.60. The van der Waals surface area contributed by atoms with E-state index in [1.54, 1.807) is 12.1 Å². The van der Waals surface area contributed by atoms with Crippen LogP contribution in [0.1, 0.15) is 45.3 Å². The van der Waals surface area contributed by atoms with Gasteiger partial charge in [0.05, 0.1) is 31.4 Å². The molecule has 3 rings (SSSR count). The topological polar surface area (TPSA) is 118 Å². The van der Waals surface area contributed by atoms with Gasteiger partial charge in [0, 0.05) is 6.04 Å². The molecular formula is C24H33N3O6S. The first kappa shape index (κ1) is 25.8. The van der Waals surface area contributed by atoms with Crippen LogP contribution in [0.4, 0.5) is 0 Å². The van der Waals surface area contributed by atoms with Crippen molar-refractivity contribution in [1.82, 2.24) is 14.9 Å². The summed E-state index contributed by atoms with van der Waals surface area (Å²) in [5, 5.41) is 3.07. The molecule has 1 unspecified atom stereocenters. The lowest BCUT2D eigenvalue weighted by molar-refractivity contribution is -0.142. The fourth-order valence-electron chi connectivity index (χ4n) is 4.17. The SMILES string of the molecule is COc1ccc(S(=O)(=O)NCC(=O)N(Cc2ccco2)C(C(=O)NC2CCCC2)C(C)C)cc1. The van der Waals surface area contributed by atoms with Gasteiger partial charge in [0.25, 0.3) is 0 Å².